The second kappa shape index (κ2) is 9.25. The number of hydrogen-bond donors (Lipinski definition) is 1. The van der Waals surface area contributed by atoms with Crippen molar-refractivity contribution in [2.24, 2.45) is 0 Å². The maximum atomic E-state index is 12.5. The van der Waals surface area contributed by atoms with Gasteiger partial charge in [-0.2, -0.15) is 0 Å². The molecule has 5 nitrogen and oxygen atoms in total. The van der Waals surface area contributed by atoms with E-state index < -0.39 is 12.1 Å². The number of carbonyl (C=O) groups is 2. The third kappa shape index (κ3) is 5.23. The summed E-state index contributed by atoms with van der Waals surface area (Å²) in [6.45, 7) is 5.81. The van der Waals surface area contributed by atoms with Crippen molar-refractivity contribution >= 4 is 29.2 Å². The molecule has 26 heavy (non-hydrogen) atoms. The molecule has 0 aliphatic carbocycles. The number of ether oxygens (including phenoxy) is 2. The maximum absolute atomic E-state index is 12.5. The molecule has 2 aromatic rings. The molecule has 0 spiro atoms. The summed E-state index contributed by atoms with van der Waals surface area (Å²) < 4.78 is 10.7. The summed E-state index contributed by atoms with van der Waals surface area (Å²) in [5.74, 6) is -0.206. The molecule has 0 heterocycles. The topological polar surface area (TPSA) is 64.6 Å². The van der Waals surface area contributed by atoms with Crippen molar-refractivity contribution in [3.05, 3.63) is 58.6 Å². The Morgan fingerprint density at radius 1 is 1.12 bits per heavy atom. The van der Waals surface area contributed by atoms with Crippen LogP contribution in [0.2, 0.25) is 5.02 Å². The highest BCUT2D eigenvalue weighted by Crippen LogP contribution is 2.22. The van der Waals surface area contributed by atoms with Gasteiger partial charge in [0.15, 0.2) is 6.10 Å². The monoisotopic (exact) mass is 375 g/mol. The van der Waals surface area contributed by atoms with Gasteiger partial charge in [0, 0.05) is 5.69 Å². The predicted molar refractivity (Wildman–Crippen MR) is 102 cm³/mol. The van der Waals surface area contributed by atoms with Crippen molar-refractivity contribution in [3.8, 4) is 5.75 Å². The Labute approximate surface area is 158 Å². The Morgan fingerprint density at radius 2 is 1.81 bits per heavy atom. The van der Waals surface area contributed by atoms with Gasteiger partial charge in [0.1, 0.15) is 5.75 Å². The van der Waals surface area contributed by atoms with Crippen LogP contribution in [-0.4, -0.2) is 24.6 Å². The normalized spacial score (nSPS) is 11.5. The van der Waals surface area contributed by atoms with Gasteiger partial charge < -0.3 is 14.8 Å². The van der Waals surface area contributed by atoms with Crippen LogP contribution in [0.15, 0.2) is 42.5 Å². The summed E-state index contributed by atoms with van der Waals surface area (Å²) in [6, 6.07) is 12.2. The van der Waals surface area contributed by atoms with Gasteiger partial charge in [0.05, 0.1) is 17.2 Å². The van der Waals surface area contributed by atoms with Crippen molar-refractivity contribution in [1.29, 1.82) is 0 Å². The zero-order chi connectivity index (χ0) is 19.1. The lowest BCUT2D eigenvalue weighted by atomic mass is 10.2. The first-order valence-electron chi connectivity index (χ1n) is 8.45. The zero-order valence-corrected chi connectivity index (χ0v) is 15.8. The van der Waals surface area contributed by atoms with E-state index in [9.17, 15) is 9.59 Å². The van der Waals surface area contributed by atoms with E-state index in [1.165, 1.54) is 6.07 Å². The summed E-state index contributed by atoms with van der Waals surface area (Å²) in [4.78, 5) is 24.4. The molecule has 138 valence electrons. The molecule has 0 fully saturated rings. The summed E-state index contributed by atoms with van der Waals surface area (Å²) >= 11 is 6.04. The zero-order valence-electron chi connectivity index (χ0n) is 15.0. The number of anilines is 1. The number of rotatable bonds is 7. The first-order chi connectivity index (χ1) is 12.4. The molecule has 0 aliphatic rings. The molecule has 1 unspecified atom stereocenters. The fraction of sp³-hybridized carbons (Fsp3) is 0.300. The molecule has 2 aromatic carbocycles. The van der Waals surface area contributed by atoms with E-state index in [4.69, 9.17) is 21.1 Å². The van der Waals surface area contributed by atoms with E-state index in [1.807, 2.05) is 38.1 Å². The number of amides is 1. The average molecular weight is 376 g/mol. The maximum Gasteiger partial charge on any atom is 0.339 e. The van der Waals surface area contributed by atoms with Crippen LogP contribution in [0.1, 0.15) is 36.2 Å². The molecular formula is C20H22ClNO4. The van der Waals surface area contributed by atoms with E-state index in [0.717, 1.165) is 5.56 Å². The number of halogens is 1. The standard InChI is InChI=1S/C20H22ClNO4/c1-4-18(26-15-9-6-13(3)7-10-15)19(23)22-14-8-11-17(21)16(12-14)20(24)25-5-2/h6-12,18H,4-5H2,1-3H3,(H,22,23). The lowest BCUT2D eigenvalue weighted by molar-refractivity contribution is -0.122. The van der Waals surface area contributed by atoms with Gasteiger partial charge in [-0.3, -0.25) is 4.79 Å². The third-order valence-corrected chi connectivity index (χ3v) is 4.02. The predicted octanol–water partition coefficient (Wildman–Crippen LogP) is 4.62. The molecule has 1 N–H and O–H groups in total. The fourth-order valence-electron chi connectivity index (χ4n) is 2.29. The van der Waals surface area contributed by atoms with Crippen LogP contribution in [0.4, 0.5) is 5.69 Å². The molecule has 6 heteroatoms. The van der Waals surface area contributed by atoms with E-state index in [2.05, 4.69) is 5.32 Å². The van der Waals surface area contributed by atoms with Crippen LogP contribution < -0.4 is 10.1 Å². The smallest absolute Gasteiger partial charge is 0.339 e. The van der Waals surface area contributed by atoms with E-state index in [0.29, 0.717) is 17.9 Å². The molecular weight excluding hydrogens is 354 g/mol. The van der Waals surface area contributed by atoms with Crippen LogP contribution in [0.25, 0.3) is 0 Å². The highest BCUT2D eigenvalue weighted by Gasteiger charge is 2.20. The molecule has 2 rings (SSSR count). The first-order valence-corrected chi connectivity index (χ1v) is 8.83. The van der Waals surface area contributed by atoms with Gasteiger partial charge in [-0.15, -0.1) is 0 Å². The van der Waals surface area contributed by atoms with Crippen molar-refractivity contribution in [1.82, 2.24) is 0 Å². The fourth-order valence-corrected chi connectivity index (χ4v) is 2.49. The van der Waals surface area contributed by atoms with Crippen LogP contribution in [0.5, 0.6) is 5.75 Å². The molecule has 1 atom stereocenters. The van der Waals surface area contributed by atoms with Crippen molar-refractivity contribution in [3.63, 3.8) is 0 Å². The molecule has 0 aliphatic heterocycles. The Hall–Kier alpha value is -2.53. The quantitative estimate of drug-likeness (QED) is 0.717. The van der Waals surface area contributed by atoms with Crippen LogP contribution >= 0.6 is 11.6 Å². The van der Waals surface area contributed by atoms with Gasteiger partial charge in [-0.25, -0.2) is 4.79 Å². The van der Waals surface area contributed by atoms with E-state index in [-0.39, 0.29) is 23.1 Å². The number of esters is 1. The van der Waals surface area contributed by atoms with E-state index in [1.54, 1.807) is 19.1 Å². The van der Waals surface area contributed by atoms with E-state index >= 15 is 0 Å². The Morgan fingerprint density at radius 3 is 2.42 bits per heavy atom. The highest BCUT2D eigenvalue weighted by atomic mass is 35.5. The Kier molecular flexibility index (Phi) is 7.04. The minimum absolute atomic E-state index is 0.207. The second-order valence-corrected chi connectivity index (χ2v) is 6.14. The third-order valence-electron chi connectivity index (χ3n) is 3.69. The Balaban J connectivity index is 2.10. The van der Waals surface area contributed by atoms with Crippen molar-refractivity contribution in [2.75, 3.05) is 11.9 Å². The molecule has 0 bridgehead atoms. The molecule has 1 amide bonds. The lowest BCUT2D eigenvalue weighted by Gasteiger charge is -2.18. The van der Waals surface area contributed by atoms with Crippen LogP contribution in [-0.2, 0) is 9.53 Å². The Bertz CT molecular complexity index is 774. The summed E-state index contributed by atoms with van der Waals surface area (Å²) in [5, 5.41) is 3.03. The first kappa shape index (κ1) is 19.8. The number of hydrogen-bond acceptors (Lipinski definition) is 4. The number of nitrogens with one attached hydrogen (secondary N) is 1. The molecule has 0 aromatic heterocycles. The second-order valence-electron chi connectivity index (χ2n) is 5.73. The lowest BCUT2D eigenvalue weighted by Crippen LogP contribution is -2.32. The minimum atomic E-state index is -0.653. The molecule has 0 saturated carbocycles. The number of benzene rings is 2. The largest absolute Gasteiger partial charge is 0.481 e. The molecule has 0 radical (unpaired) electrons. The van der Waals surface area contributed by atoms with Gasteiger partial charge in [-0.1, -0.05) is 36.2 Å². The highest BCUT2D eigenvalue weighted by molar-refractivity contribution is 6.33. The SMILES string of the molecule is CCOC(=O)c1cc(NC(=O)C(CC)Oc2ccc(C)cc2)ccc1Cl. The summed E-state index contributed by atoms with van der Waals surface area (Å²) in [5.41, 5.74) is 1.77. The number of aryl methyl sites for hydroxylation is 1. The summed E-state index contributed by atoms with van der Waals surface area (Å²) in [7, 11) is 0. The summed E-state index contributed by atoms with van der Waals surface area (Å²) in [6.07, 6.45) is -0.155. The van der Waals surface area contributed by atoms with Gasteiger partial charge in [0.25, 0.3) is 5.91 Å². The van der Waals surface area contributed by atoms with Crippen molar-refractivity contribution in [2.45, 2.75) is 33.3 Å². The van der Waals surface area contributed by atoms with Crippen LogP contribution in [0, 0.1) is 6.92 Å². The van der Waals surface area contributed by atoms with Crippen molar-refractivity contribution < 1.29 is 19.1 Å². The van der Waals surface area contributed by atoms with Gasteiger partial charge in [0.2, 0.25) is 0 Å². The average Bonchev–Trinajstić information content (AvgIpc) is 2.62. The van der Waals surface area contributed by atoms with Gasteiger partial charge >= 0.3 is 5.97 Å². The van der Waals surface area contributed by atoms with Crippen LogP contribution in [0.3, 0.4) is 0 Å². The minimum Gasteiger partial charge on any atom is -0.481 e. The molecule has 0 saturated heterocycles. The number of carbonyl (C=O) groups excluding carboxylic acids is 2. The van der Waals surface area contributed by atoms with Gasteiger partial charge in [-0.05, 0) is 50.6 Å².